The highest BCUT2D eigenvalue weighted by atomic mass is 79.9. The summed E-state index contributed by atoms with van der Waals surface area (Å²) in [4.78, 5) is 4.41. The van der Waals surface area contributed by atoms with Gasteiger partial charge in [-0.2, -0.15) is 10.1 Å². The minimum Gasteiger partial charge on any atom is -0.496 e. The van der Waals surface area contributed by atoms with Crippen molar-refractivity contribution in [2.75, 3.05) is 17.7 Å². The highest BCUT2D eigenvalue weighted by Crippen LogP contribution is 2.19. The van der Waals surface area contributed by atoms with E-state index in [9.17, 15) is 0 Å². The van der Waals surface area contributed by atoms with E-state index in [1.54, 1.807) is 13.3 Å². The first-order valence-corrected chi connectivity index (χ1v) is 8.12. The SMILES string of the molecule is COc1ccccc1CNc1nncc(Nc2ccc(Br)cc2)n1. The zero-order valence-corrected chi connectivity index (χ0v) is 14.6. The molecule has 2 N–H and O–H groups in total. The third-order valence-corrected chi connectivity index (χ3v) is 3.83. The average Bonchev–Trinajstić information content (AvgIpc) is 2.62. The molecule has 0 aliphatic carbocycles. The normalized spacial score (nSPS) is 10.2. The number of halogens is 1. The maximum absolute atomic E-state index is 5.33. The monoisotopic (exact) mass is 385 g/mol. The van der Waals surface area contributed by atoms with E-state index in [0.29, 0.717) is 18.3 Å². The summed E-state index contributed by atoms with van der Waals surface area (Å²) in [7, 11) is 1.65. The summed E-state index contributed by atoms with van der Waals surface area (Å²) in [5.74, 6) is 1.89. The van der Waals surface area contributed by atoms with Crippen LogP contribution in [0.5, 0.6) is 5.75 Å². The number of para-hydroxylation sites is 1. The summed E-state index contributed by atoms with van der Waals surface area (Å²) in [6, 6.07) is 15.6. The molecule has 0 saturated heterocycles. The van der Waals surface area contributed by atoms with E-state index in [1.807, 2.05) is 48.5 Å². The molecule has 1 aromatic heterocycles. The Morgan fingerprint density at radius 2 is 1.88 bits per heavy atom. The number of benzene rings is 2. The van der Waals surface area contributed by atoms with E-state index in [-0.39, 0.29) is 0 Å². The summed E-state index contributed by atoms with van der Waals surface area (Å²) in [6.45, 7) is 0.549. The fourth-order valence-corrected chi connectivity index (χ4v) is 2.41. The number of hydrogen-bond donors (Lipinski definition) is 2. The molecule has 0 unspecified atom stereocenters. The van der Waals surface area contributed by atoms with Crippen LogP contribution in [-0.4, -0.2) is 22.3 Å². The number of aromatic nitrogens is 3. The third-order valence-electron chi connectivity index (χ3n) is 3.30. The smallest absolute Gasteiger partial charge is 0.244 e. The van der Waals surface area contributed by atoms with Gasteiger partial charge < -0.3 is 15.4 Å². The Balaban J connectivity index is 1.68. The molecule has 3 aromatic rings. The van der Waals surface area contributed by atoms with Gasteiger partial charge in [0.05, 0.1) is 13.3 Å². The van der Waals surface area contributed by atoms with Crippen LogP contribution in [0, 0.1) is 0 Å². The first kappa shape index (κ1) is 16.2. The maximum Gasteiger partial charge on any atom is 0.244 e. The second-order valence-corrected chi connectivity index (χ2v) is 5.88. The lowest BCUT2D eigenvalue weighted by atomic mass is 10.2. The van der Waals surface area contributed by atoms with Gasteiger partial charge in [0.25, 0.3) is 0 Å². The van der Waals surface area contributed by atoms with E-state index in [1.165, 1.54) is 0 Å². The van der Waals surface area contributed by atoms with Gasteiger partial charge in [0.2, 0.25) is 5.95 Å². The van der Waals surface area contributed by atoms with Crippen molar-refractivity contribution in [1.29, 1.82) is 0 Å². The van der Waals surface area contributed by atoms with Crippen LogP contribution in [-0.2, 0) is 6.54 Å². The van der Waals surface area contributed by atoms with Crippen molar-refractivity contribution >= 4 is 33.4 Å². The van der Waals surface area contributed by atoms with E-state index in [0.717, 1.165) is 21.5 Å². The Hall–Kier alpha value is -2.67. The van der Waals surface area contributed by atoms with E-state index < -0.39 is 0 Å². The predicted molar refractivity (Wildman–Crippen MR) is 97.6 cm³/mol. The van der Waals surface area contributed by atoms with Crippen LogP contribution >= 0.6 is 15.9 Å². The van der Waals surface area contributed by atoms with Crippen LogP contribution in [0.25, 0.3) is 0 Å². The van der Waals surface area contributed by atoms with Crippen molar-refractivity contribution in [1.82, 2.24) is 15.2 Å². The number of methoxy groups -OCH3 is 1. The van der Waals surface area contributed by atoms with E-state index >= 15 is 0 Å². The Labute approximate surface area is 148 Å². The number of hydrogen-bond acceptors (Lipinski definition) is 6. The minimum atomic E-state index is 0.447. The molecule has 0 radical (unpaired) electrons. The molecule has 0 saturated carbocycles. The van der Waals surface area contributed by atoms with Crippen LogP contribution in [0.15, 0.2) is 59.2 Å². The van der Waals surface area contributed by atoms with Gasteiger partial charge in [0.15, 0.2) is 5.82 Å². The summed E-state index contributed by atoms with van der Waals surface area (Å²) in [6.07, 6.45) is 1.58. The fraction of sp³-hybridized carbons (Fsp3) is 0.118. The number of nitrogens with one attached hydrogen (secondary N) is 2. The summed E-state index contributed by atoms with van der Waals surface area (Å²) < 4.78 is 6.35. The molecule has 2 aromatic carbocycles. The van der Waals surface area contributed by atoms with Crippen molar-refractivity contribution in [3.8, 4) is 5.75 Å². The number of rotatable bonds is 6. The van der Waals surface area contributed by atoms with Crippen LogP contribution < -0.4 is 15.4 Å². The van der Waals surface area contributed by atoms with Crippen LogP contribution in [0.3, 0.4) is 0 Å². The predicted octanol–water partition coefficient (Wildman–Crippen LogP) is 4.00. The topological polar surface area (TPSA) is 72.0 Å². The van der Waals surface area contributed by atoms with Crippen LogP contribution in [0.2, 0.25) is 0 Å². The third kappa shape index (κ3) is 4.20. The van der Waals surface area contributed by atoms with E-state index in [4.69, 9.17) is 4.74 Å². The molecule has 3 rings (SSSR count). The van der Waals surface area contributed by atoms with E-state index in [2.05, 4.69) is 41.7 Å². The second kappa shape index (κ2) is 7.74. The molecule has 7 heteroatoms. The standard InChI is InChI=1S/C17H16BrN5O/c1-24-15-5-3-2-4-12(15)10-19-17-22-16(11-20-23-17)21-14-8-6-13(18)7-9-14/h2-9,11H,10H2,1H3,(H2,19,21,22,23). The highest BCUT2D eigenvalue weighted by molar-refractivity contribution is 9.10. The molecule has 0 bridgehead atoms. The molecule has 24 heavy (non-hydrogen) atoms. The lowest BCUT2D eigenvalue weighted by Gasteiger charge is -2.10. The molecular weight excluding hydrogens is 370 g/mol. The minimum absolute atomic E-state index is 0.447. The van der Waals surface area contributed by atoms with Gasteiger partial charge in [0, 0.05) is 22.3 Å². The number of nitrogens with zero attached hydrogens (tertiary/aromatic N) is 3. The Kier molecular flexibility index (Phi) is 5.22. The van der Waals surface area contributed by atoms with Crippen molar-refractivity contribution < 1.29 is 4.74 Å². The van der Waals surface area contributed by atoms with Crippen molar-refractivity contribution in [2.24, 2.45) is 0 Å². The van der Waals surface area contributed by atoms with Gasteiger partial charge in [-0.05, 0) is 30.3 Å². The van der Waals surface area contributed by atoms with Gasteiger partial charge in [-0.15, -0.1) is 5.10 Å². The molecular formula is C17H16BrN5O. The molecule has 6 nitrogen and oxygen atoms in total. The first-order chi connectivity index (χ1) is 11.7. The van der Waals surface area contributed by atoms with Gasteiger partial charge in [-0.3, -0.25) is 0 Å². The zero-order chi connectivity index (χ0) is 16.8. The fourth-order valence-electron chi connectivity index (χ4n) is 2.14. The molecule has 122 valence electrons. The lowest BCUT2D eigenvalue weighted by molar-refractivity contribution is 0.410. The summed E-state index contributed by atoms with van der Waals surface area (Å²) in [5, 5.41) is 14.3. The molecule has 0 fully saturated rings. The van der Waals surface area contributed by atoms with Crippen LogP contribution in [0.1, 0.15) is 5.56 Å². The number of ether oxygens (including phenoxy) is 1. The highest BCUT2D eigenvalue weighted by Gasteiger charge is 2.04. The lowest BCUT2D eigenvalue weighted by Crippen LogP contribution is -2.07. The summed E-state index contributed by atoms with van der Waals surface area (Å²) in [5.41, 5.74) is 1.95. The second-order valence-electron chi connectivity index (χ2n) is 4.96. The Morgan fingerprint density at radius 1 is 1.08 bits per heavy atom. The van der Waals surface area contributed by atoms with Gasteiger partial charge in [0.1, 0.15) is 5.75 Å². The largest absolute Gasteiger partial charge is 0.496 e. The molecule has 0 amide bonds. The molecule has 0 atom stereocenters. The zero-order valence-electron chi connectivity index (χ0n) is 13.0. The van der Waals surface area contributed by atoms with Crippen LogP contribution in [0.4, 0.5) is 17.5 Å². The maximum atomic E-state index is 5.33. The Morgan fingerprint density at radius 3 is 2.67 bits per heavy atom. The molecule has 0 aliphatic rings. The van der Waals surface area contributed by atoms with Crippen molar-refractivity contribution in [2.45, 2.75) is 6.54 Å². The molecule has 0 spiro atoms. The quantitative estimate of drug-likeness (QED) is 0.667. The molecule has 1 heterocycles. The number of anilines is 3. The van der Waals surface area contributed by atoms with Crippen molar-refractivity contribution in [3.05, 3.63) is 64.8 Å². The first-order valence-electron chi connectivity index (χ1n) is 7.32. The molecule has 0 aliphatic heterocycles. The Bertz CT molecular complexity index is 810. The van der Waals surface area contributed by atoms with Gasteiger partial charge in [-0.25, -0.2) is 0 Å². The average molecular weight is 386 g/mol. The summed E-state index contributed by atoms with van der Waals surface area (Å²) >= 11 is 3.41. The van der Waals surface area contributed by atoms with Gasteiger partial charge >= 0.3 is 0 Å². The van der Waals surface area contributed by atoms with Gasteiger partial charge in [-0.1, -0.05) is 34.1 Å². The van der Waals surface area contributed by atoms with Crippen molar-refractivity contribution in [3.63, 3.8) is 0 Å².